The van der Waals surface area contributed by atoms with Gasteiger partial charge in [0, 0.05) is 35.7 Å². The highest BCUT2D eigenvalue weighted by Gasteiger charge is 2.54. The second-order valence-electron chi connectivity index (χ2n) is 6.22. The van der Waals surface area contributed by atoms with Gasteiger partial charge in [-0.15, -0.1) is 0 Å². The predicted molar refractivity (Wildman–Crippen MR) is 85.7 cm³/mol. The normalized spacial score (nSPS) is 25.9. The van der Waals surface area contributed by atoms with Gasteiger partial charge in [-0.25, -0.2) is 0 Å². The molecule has 22 heavy (non-hydrogen) atoms. The fourth-order valence-electron chi connectivity index (χ4n) is 3.77. The Morgan fingerprint density at radius 2 is 2.00 bits per heavy atom. The quantitative estimate of drug-likeness (QED) is 0.737. The van der Waals surface area contributed by atoms with E-state index in [4.69, 9.17) is 16.3 Å². The Balaban J connectivity index is 2.05. The van der Waals surface area contributed by atoms with Crippen LogP contribution in [-0.4, -0.2) is 24.4 Å². The number of likely N-dealkylation sites (tertiary alicyclic amines) is 1. The van der Waals surface area contributed by atoms with Crippen molar-refractivity contribution in [1.82, 2.24) is 4.90 Å². The van der Waals surface area contributed by atoms with Crippen LogP contribution in [0.1, 0.15) is 24.0 Å². The maximum absolute atomic E-state index is 12.9. The number of fused-ring (bicyclic) bond motifs is 5. The fourth-order valence-corrected chi connectivity index (χ4v) is 3.95. The smallest absolute Gasteiger partial charge is 0.233 e. The van der Waals surface area contributed by atoms with Gasteiger partial charge in [0.15, 0.2) is 0 Å². The van der Waals surface area contributed by atoms with Crippen LogP contribution in [0.15, 0.2) is 42.5 Å². The Bertz CT molecular complexity index is 788. The number of carbonyl (C=O) groups excluding carboxylic acids is 1. The average Bonchev–Trinajstić information content (AvgIpc) is 2.69. The van der Waals surface area contributed by atoms with Gasteiger partial charge >= 0.3 is 0 Å². The van der Waals surface area contributed by atoms with E-state index in [1.165, 1.54) is 0 Å². The van der Waals surface area contributed by atoms with Crippen LogP contribution < -0.4 is 4.74 Å². The van der Waals surface area contributed by atoms with E-state index in [0.717, 1.165) is 16.9 Å². The summed E-state index contributed by atoms with van der Waals surface area (Å²) >= 11 is 6.20. The molecule has 4 heteroatoms. The van der Waals surface area contributed by atoms with Crippen molar-refractivity contribution >= 4 is 17.5 Å². The van der Waals surface area contributed by atoms with E-state index < -0.39 is 5.41 Å². The third kappa shape index (κ3) is 1.66. The number of para-hydroxylation sites is 1. The first-order valence-corrected chi connectivity index (χ1v) is 7.72. The van der Waals surface area contributed by atoms with E-state index >= 15 is 0 Å². The van der Waals surface area contributed by atoms with Crippen LogP contribution in [0, 0.1) is 0 Å². The summed E-state index contributed by atoms with van der Waals surface area (Å²) in [5.41, 5.74) is 1.30. The summed E-state index contributed by atoms with van der Waals surface area (Å²) in [5, 5.41) is 0.621. The number of benzene rings is 2. The lowest BCUT2D eigenvalue weighted by molar-refractivity contribution is -0.131. The van der Waals surface area contributed by atoms with Crippen molar-refractivity contribution in [3.63, 3.8) is 0 Å². The van der Waals surface area contributed by atoms with Crippen molar-refractivity contribution in [2.45, 2.75) is 18.3 Å². The molecule has 0 unspecified atom stereocenters. The lowest BCUT2D eigenvalue weighted by Gasteiger charge is -2.28. The van der Waals surface area contributed by atoms with Gasteiger partial charge in [0.2, 0.25) is 5.91 Å². The van der Waals surface area contributed by atoms with Crippen molar-refractivity contribution in [3.05, 3.63) is 58.6 Å². The second-order valence-corrected chi connectivity index (χ2v) is 6.66. The summed E-state index contributed by atoms with van der Waals surface area (Å²) in [7, 11) is 1.86. The van der Waals surface area contributed by atoms with Crippen molar-refractivity contribution < 1.29 is 9.53 Å². The molecule has 2 atom stereocenters. The molecule has 0 bridgehead atoms. The summed E-state index contributed by atoms with van der Waals surface area (Å²) in [6.45, 7) is 2.69. The lowest BCUT2D eigenvalue weighted by Crippen LogP contribution is -2.36. The van der Waals surface area contributed by atoms with Crippen molar-refractivity contribution in [3.8, 4) is 11.5 Å². The monoisotopic (exact) mass is 313 g/mol. The number of halogens is 1. The number of hydrogen-bond donors (Lipinski definition) is 0. The molecule has 4 rings (SSSR count). The highest BCUT2D eigenvalue weighted by Crippen LogP contribution is 2.54. The summed E-state index contributed by atoms with van der Waals surface area (Å²) in [6, 6.07) is 13.5. The Hall–Kier alpha value is -2.00. The molecule has 2 aliphatic heterocycles. The first kappa shape index (κ1) is 13.6. The fraction of sp³-hybridized carbons (Fsp3) is 0.278. The molecule has 0 saturated carbocycles. The number of nitrogens with zero attached hydrogens (tertiary/aromatic N) is 1. The SMILES string of the molecule is CN1C[C@@H]2c3ccccc3Oc3ccc(Cl)cc3[C@@]2(C)C1=O. The molecule has 0 N–H and O–H groups in total. The van der Waals surface area contributed by atoms with Crippen LogP contribution in [0.3, 0.4) is 0 Å². The van der Waals surface area contributed by atoms with Gasteiger partial charge in [-0.05, 0) is 31.2 Å². The van der Waals surface area contributed by atoms with Crippen LogP contribution in [0.4, 0.5) is 0 Å². The molecule has 1 fully saturated rings. The van der Waals surface area contributed by atoms with Crippen LogP contribution in [0.2, 0.25) is 5.02 Å². The first-order chi connectivity index (χ1) is 10.5. The summed E-state index contributed by atoms with van der Waals surface area (Å²) in [5.74, 6) is 1.70. The number of amides is 1. The minimum atomic E-state index is -0.651. The maximum Gasteiger partial charge on any atom is 0.233 e. The van der Waals surface area contributed by atoms with Gasteiger partial charge in [-0.1, -0.05) is 29.8 Å². The van der Waals surface area contributed by atoms with Crippen LogP contribution in [-0.2, 0) is 10.2 Å². The Morgan fingerprint density at radius 3 is 2.82 bits per heavy atom. The molecule has 2 aromatic carbocycles. The lowest BCUT2D eigenvalue weighted by atomic mass is 9.71. The molecule has 0 radical (unpaired) electrons. The molecular formula is C18H16ClNO2. The summed E-state index contributed by atoms with van der Waals surface area (Å²) in [4.78, 5) is 14.7. The van der Waals surface area contributed by atoms with E-state index in [9.17, 15) is 4.79 Å². The first-order valence-electron chi connectivity index (χ1n) is 7.34. The van der Waals surface area contributed by atoms with Gasteiger partial charge in [0.1, 0.15) is 11.5 Å². The summed E-state index contributed by atoms with van der Waals surface area (Å²) in [6.07, 6.45) is 0. The molecule has 3 nitrogen and oxygen atoms in total. The van der Waals surface area contributed by atoms with E-state index in [-0.39, 0.29) is 11.8 Å². The minimum absolute atomic E-state index is 0.0564. The van der Waals surface area contributed by atoms with Gasteiger partial charge < -0.3 is 9.64 Å². The molecule has 0 spiro atoms. The largest absolute Gasteiger partial charge is 0.457 e. The Morgan fingerprint density at radius 1 is 1.23 bits per heavy atom. The van der Waals surface area contributed by atoms with E-state index in [2.05, 4.69) is 6.07 Å². The Labute approximate surface area is 134 Å². The average molecular weight is 314 g/mol. The van der Waals surface area contributed by atoms with Gasteiger partial charge in [0.25, 0.3) is 0 Å². The van der Waals surface area contributed by atoms with Crippen LogP contribution in [0.5, 0.6) is 11.5 Å². The van der Waals surface area contributed by atoms with Gasteiger partial charge in [0.05, 0.1) is 5.41 Å². The summed E-state index contributed by atoms with van der Waals surface area (Å²) < 4.78 is 6.11. The zero-order valence-corrected chi connectivity index (χ0v) is 13.2. The molecule has 112 valence electrons. The Kier molecular flexibility index (Phi) is 2.79. The molecule has 2 heterocycles. The zero-order chi connectivity index (χ0) is 15.5. The highest BCUT2D eigenvalue weighted by molar-refractivity contribution is 6.30. The molecular weight excluding hydrogens is 298 g/mol. The third-order valence-electron chi connectivity index (χ3n) is 4.96. The molecule has 0 aromatic heterocycles. The van der Waals surface area contributed by atoms with Crippen LogP contribution in [0.25, 0.3) is 0 Å². The van der Waals surface area contributed by atoms with Crippen molar-refractivity contribution in [1.29, 1.82) is 0 Å². The molecule has 2 aliphatic rings. The number of carbonyl (C=O) groups is 1. The number of hydrogen-bond acceptors (Lipinski definition) is 2. The van der Waals surface area contributed by atoms with Gasteiger partial charge in [-0.2, -0.15) is 0 Å². The minimum Gasteiger partial charge on any atom is -0.457 e. The number of rotatable bonds is 0. The number of ether oxygens (including phenoxy) is 1. The standard InChI is InChI=1S/C18H16ClNO2/c1-18-13-9-11(19)7-8-16(13)22-15-6-4-3-5-12(15)14(18)10-20(2)17(18)21/h3-9,14H,10H2,1-2H3/t14-,18-/m1/s1. The second kappa shape index (κ2) is 4.50. The van der Waals surface area contributed by atoms with E-state index in [1.807, 2.05) is 44.3 Å². The molecule has 1 saturated heterocycles. The molecule has 0 aliphatic carbocycles. The topological polar surface area (TPSA) is 29.5 Å². The van der Waals surface area contributed by atoms with Gasteiger partial charge in [-0.3, -0.25) is 4.79 Å². The third-order valence-corrected chi connectivity index (χ3v) is 5.19. The van der Waals surface area contributed by atoms with E-state index in [0.29, 0.717) is 17.3 Å². The van der Waals surface area contributed by atoms with Crippen molar-refractivity contribution in [2.24, 2.45) is 0 Å². The molecule has 2 aromatic rings. The maximum atomic E-state index is 12.9. The van der Waals surface area contributed by atoms with Crippen LogP contribution >= 0.6 is 11.6 Å². The predicted octanol–water partition coefficient (Wildman–Crippen LogP) is 3.96. The highest BCUT2D eigenvalue weighted by atomic mass is 35.5. The molecule has 1 amide bonds. The number of likely N-dealkylation sites (N-methyl/N-ethyl adjacent to an activating group) is 1. The van der Waals surface area contributed by atoms with E-state index in [1.54, 1.807) is 11.0 Å². The van der Waals surface area contributed by atoms with Crippen molar-refractivity contribution in [2.75, 3.05) is 13.6 Å². The zero-order valence-electron chi connectivity index (χ0n) is 12.5.